The maximum atomic E-state index is 10.8. The maximum Gasteiger partial charge on any atom is 0.335 e. The van der Waals surface area contributed by atoms with Gasteiger partial charge in [-0.25, -0.2) is 4.79 Å². The van der Waals surface area contributed by atoms with E-state index in [1.54, 1.807) is 12.1 Å². The first kappa shape index (κ1) is 10.5. The zero-order valence-corrected chi connectivity index (χ0v) is 8.03. The molecule has 0 aliphatic rings. The van der Waals surface area contributed by atoms with Gasteiger partial charge in [0, 0.05) is 11.7 Å². The van der Waals surface area contributed by atoms with Crippen LogP contribution in [0, 0.1) is 0 Å². The van der Waals surface area contributed by atoms with Gasteiger partial charge in [-0.2, -0.15) is 0 Å². The lowest BCUT2D eigenvalue weighted by atomic mass is 10.0. The molecule has 0 heterocycles. The Bertz CT molecular complexity index is 348. The number of nitrogens with two attached hydrogens (primary N) is 2. The van der Waals surface area contributed by atoms with E-state index < -0.39 is 5.97 Å². The van der Waals surface area contributed by atoms with Gasteiger partial charge in [0.05, 0.1) is 5.56 Å². The van der Waals surface area contributed by atoms with Crippen molar-refractivity contribution in [2.45, 2.75) is 19.4 Å². The maximum absolute atomic E-state index is 10.8. The molecule has 0 spiro atoms. The molecule has 0 fully saturated rings. The Morgan fingerprint density at radius 3 is 2.71 bits per heavy atom. The summed E-state index contributed by atoms with van der Waals surface area (Å²) in [7, 11) is 0. The van der Waals surface area contributed by atoms with Gasteiger partial charge in [-0.15, -0.1) is 0 Å². The first-order valence-corrected chi connectivity index (χ1v) is 4.38. The van der Waals surface area contributed by atoms with E-state index in [0.717, 1.165) is 0 Å². The fourth-order valence-electron chi connectivity index (χ4n) is 1.34. The summed E-state index contributed by atoms with van der Waals surface area (Å²) in [6.07, 6.45) is 0.521. The summed E-state index contributed by atoms with van der Waals surface area (Å²) in [5, 5.41) is 8.89. The van der Waals surface area contributed by atoms with E-state index in [1.807, 2.05) is 6.92 Å². The highest BCUT2D eigenvalue weighted by molar-refractivity contribution is 5.90. The molecule has 76 valence electrons. The number of carboxylic acid groups (broad SMARTS) is 1. The Morgan fingerprint density at radius 1 is 1.57 bits per heavy atom. The molecule has 14 heavy (non-hydrogen) atoms. The van der Waals surface area contributed by atoms with Crippen molar-refractivity contribution in [1.82, 2.24) is 0 Å². The molecule has 0 bridgehead atoms. The van der Waals surface area contributed by atoms with E-state index in [-0.39, 0.29) is 11.6 Å². The molecule has 1 atom stereocenters. The lowest BCUT2D eigenvalue weighted by Gasteiger charge is -2.09. The molecule has 1 aromatic rings. The van der Waals surface area contributed by atoms with Crippen molar-refractivity contribution in [2.24, 2.45) is 5.73 Å². The predicted octanol–water partition coefficient (Wildman–Crippen LogP) is 0.857. The van der Waals surface area contributed by atoms with E-state index >= 15 is 0 Å². The van der Waals surface area contributed by atoms with Crippen molar-refractivity contribution in [2.75, 3.05) is 5.73 Å². The normalized spacial score (nSPS) is 12.4. The molecular weight excluding hydrogens is 180 g/mol. The van der Waals surface area contributed by atoms with Crippen molar-refractivity contribution in [3.63, 3.8) is 0 Å². The number of carboxylic acids is 1. The topological polar surface area (TPSA) is 89.3 Å². The monoisotopic (exact) mass is 194 g/mol. The van der Waals surface area contributed by atoms with Crippen LogP contribution in [0.25, 0.3) is 0 Å². The molecule has 0 aromatic heterocycles. The van der Waals surface area contributed by atoms with Gasteiger partial charge in [0.15, 0.2) is 0 Å². The summed E-state index contributed by atoms with van der Waals surface area (Å²) in [5.41, 5.74) is 12.7. The first-order valence-electron chi connectivity index (χ1n) is 4.38. The lowest BCUT2D eigenvalue weighted by Crippen LogP contribution is -2.19. The van der Waals surface area contributed by atoms with Crippen molar-refractivity contribution in [3.8, 4) is 0 Å². The smallest absolute Gasteiger partial charge is 0.335 e. The van der Waals surface area contributed by atoms with Crippen molar-refractivity contribution in [3.05, 3.63) is 29.3 Å². The molecule has 0 amide bonds. The van der Waals surface area contributed by atoms with Crippen LogP contribution >= 0.6 is 0 Å². The molecule has 0 aliphatic heterocycles. The van der Waals surface area contributed by atoms with Crippen molar-refractivity contribution < 1.29 is 9.90 Å². The molecule has 0 saturated heterocycles. The number of hydrogen-bond donors (Lipinski definition) is 3. The second kappa shape index (κ2) is 4.11. The molecule has 0 unspecified atom stereocenters. The molecule has 1 rings (SSSR count). The van der Waals surface area contributed by atoms with Gasteiger partial charge in [0.1, 0.15) is 0 Å². The summed E-state index contributed by atoms with van der Waals surface area (Å²) in [6.45, 7) is 1.83. The van der Waals surface area contributed by atoms with Gasteiger partial charge >= 0.3 is 5.97 Å². The van der Waals surface area contributed by atoms with Crippen LogP contribution in [-0.4, -0.2) is 17.1 Å². The minimum Gasteiger partial charge on any atom is -0.478 e. The van der Waals surface area contributed by atoms with E-state index in [2.05, 4.69) is 0 Å². The number of hydrogen-bond acceptors (Lipinski definition) is 3. The number of anilines is 1. The Morgan fingerprint density at radius 2 is 2.21 bits per heavy atom. The molecule has 0 saturated carbocycles. The van der Waals surface area contributed by atoms with Crippen LogP contribution in [0.1, 0.15) is 22.8 Å². The summed E-state index contributed by atoms with van der Waals surface area (Å²) in [4.78, 5) is 10.8. The number of benzene rings is 1. The zero-order chi connectivity index (χ0) is 10.7. The summed E-state index contributed by atoms with van der Waals surface area (Å²) in [5.74, 6) is -0.944. The fraction of sp³-hybridized carbons (Fsp3) is 0.300. The average molecular weight is 194 g/mol. The SMILES string of the molecule is C[C@H](N)Cc1cc(N)ccc1C(=O)O. The first-order chi connectivity index (χ1) is 6.50. The Kier molecular flexibility index (Phi) is 3.09. The van der Waals surface area contributed by atoms with Crippen molar-refractivity contribution >= 4 is 11.7 Å². The highest BCUT2D eigenvalue weighted by Crippen LogP contribution is 2.15. The van der Waals surface area contributed by atoms with Gasteiger partial charge in [0.2, 0.25) is 0 Å². The van der Waals surface area contributed by atoms with E-state index in [1.165, 1.54) is 6.07 Å². The number of rotatable bonds is 3. The minimum absolute atomic E-state index is 0.0742. The largest absolute Gasteiger partial charge is 0.478 e. The molecule has 4 heteroatoms. The standard InChI is InChI=1S/C10H14N2O2/c1-6(11)4-7-5-8(12)2-3-9(7)10(13)14/h2-3,5-6H,4,11-12H2,1H3,(H,13,14)/t6-/m0/s1. The van der Waals surface area contributed by atoms with Crippen molar-refractivity contribution in [1.29, 1.82) is 0 Å². The third kappa shape index (κ3) is 2.47. The second-order valence-electron chi connectivity index (χ2n) is 3.40. The molecule has 1 aromatic carbocycles. The van der Waals surface area contributed by atoms with Crippen LogP contribution in [0.5, 0.6) is 0 Å². The van der Waals surface area contributed by atoms with Gasteiger partial charge in [0.25, 0.3) is 0 Å². The van der Waals surface area contributed by atoms with E-state index in [4.69, 9.17) is 16.6 Å². The quantitative estimate of drug-likeness (QED) is 0.622. The van der Waals surface area contributed by atoms with E-state index in [9.17, 15) is 4.79 Å². The van der Waals surface area contributed by atoms with Crippen LogP contribution in [-0.2, 0) is 6.42 Å². The van der Waals surface area contributed by atoms with Crippen LogP contribution in [0.2, 0.25) is 0 Å². The van der Waals surface area contributed by atoms with Gasteiger partial charge in [-0.3, -0.25) is 0 Å². The Balaban J connectivity index is 3.09. The highest BCUT2D eigenvalue weighted by Gasteiger charge is 2.11. The molecule has 5 N–H and O–H groups in total. The predicted molar refractivity (Wildman–Crippen MR) is 55.2 cm³/mol. The van der Waals surface area contributed by atoms with Gasteiger partial charge < -0.3 is 16.6 Å². The fourth-order valence-corrected chi connectivity index (χ4v) is 1.34. The van der Waals surface area contributed by atoms with E-state index in [0.29, 0.717) is 17.7 Å². The molecule has 0 radical (unpaired) electrons. The summed E-state index contributed by atoms with van der Waals surface area (Å²) < 4.78 is 0. The average Bonchev–Trinajstić information content (AvgIpc) is 2.01. The minimum atomic E-state index is -0.944. The van der Waals surface area contributed by atoms with Gasteiger partial charge in [-0.05, 0) is 37.1 Å². The molecule has 0 aliphatic carbocycles. The van der Waals surface area contributed by atoms with Crippen LogP contribution < -0.4 is 11.5 Å². The Hall–Kier alpha value is -1.55. The zero-order valence-electron chi connectivity index (χ0n) is 8.03. The highest BCUT2D eigenvalue weighted by atomic mass is 16.4. The number of carbonyl (C=O) groups is 1. The summed E-state index contributed by atoms with van der Waals surface area (Å²) in [6, 6.07) is 4.67. The number of aromatic carboxylic acids is 1. The second-order valence-corrected chi connectivity index (χ2v) is 3.40. The molecular formula is C10H14N2O2. The van der Waals surface area contributed by atoms with Crippen LogP contribution in [0.15, 0.2) is 18.2 Å². The molecule has 4 nitrogen and oxygen atoms in total. The summed E-state index contributed by atoms with van der Waals surface area (Å²) >= 11 is 0. The third-order valence-electron chi connectivity index (χ3n) is 1.90. The Labute approximate surface area is 82.5 Å². The third-order valence-corrected chi connectivity index (χ3v) is 1.90. The lowest BCUT2D eigenvalue weighted by molar-refractivity contribution is 0.0695. The number of nitrogen functional groups attached to an aromatic ring is 1. The van der Waals surface area contributed by atoms with Crippen LogP contribution in [0.4, 0.5) is 5.69 Å². The van der Waals surface area contributed by atoms with Crippen LogP contribution in [0.3, 0.4) is 0 Å². The van der Waals surface area contributed by atoms with Gasteiger partial charge in [-0.1, -0.05) is 0 Å².